The Morgan fingerprint density at radius 2 is 1.30 bits per heavy atom. The summed E-state index contributed by atoms with van der Waals surface area (Å²) in [6.45, 7) is 5.76. The highest BCUT2D eigenvalue weighted by Crippen LogP contribution is 2.29. The fourth-order valence-corrected chi connectivity index (χ4v) is 3.57. The quantitative estimate of drug-likeness (QED) is 0.109. The highest BCUT2D eigenvalue weighted by Gasteiger charge is 2.12. The molecule has 0 spiro atoms. The number of benzene rings is 3. The molecule has 0 aromatic heterocycles. The molecule has 0 amide bonds. The van der Waals surface area contributed by atoms with Gasteiger partial charge in [0.1, 0.15) is 17.9 Å². The lowest BCUT2D eigenvalue weighted by Gasteiger charge is -2.13. The summed E-state index contributed by atoms with van der Waals surface area (Å²) in [4.78, 5) is 13.4. The molecule has 0 atom stereocenters. The Labute approximate surface area is 218 Å². The summed E-state index contributed by atoms with van der Waals surface area (Å²) in [6.07, 6.45) is 0.540. The molecule has 0 aliphatic heterocycles. The summed E-state index contributed by atoms with van der Waals surface area (Å²) in [5.41, 5.74) is 5.50. The number of anilines is 1. The molecule has 0 N–H and O–H groups in total. The number of hydrogen-bond donors (Lipinski definition) is 0. The number of esters is 1. The van der Waals surface area contributed by atoms with E-state index in [-0.39, 0.29) is 6.61 Å². The molecule has 186 valence electrons. The van der Waals surface area contributed by atoms with E-state index in [0.717, 1.165) is 16.8 Å². The van der Waals surface area contributed by atoms with Crippen LogP contribution in [0.5, 0.6) is 5.75 Å². The smallest absolute Gasteiger partial charge is 0.333 e. The SMILES string of the molecule is C=C(C)C(=O)OCCCOc1ccc(/C(C#N)=C(\C#N)c2ccc(-c3ccc(N(C)C)cc3)cc2)cc1. The summed E-state index contributed by atoms with van der Waals surface area (Å²) in [6, 6.07) is 27.3. The maximum absolute atomic E-state index is 11.4. The van der Waals surface area contributed by atoms with Crippen molar-refractivity contribution < 1.29 is 14.3 Å². The predicted octanol–water partition coefficient (Wildman–Crippen LogP) is 6.27. The number of hydrogen-bond acceptors (Lipinski definition) is 6. The van der Waals surface area contributed by atoms with Gasteiger partial charge in [0.25, 0.3) is 0 Å². The van der Waals surface area contributed by atoms with E-state index < -0.39 is 5.97 Å². The van der Waals surface area contributed by atoms with Crippen molar-refractivity contribution in [2.45, 2.75) is 13.3 Å². The largest absolute Gasteiger partial charge is 0.493 e. The normalized spacial score (nSPS) is 10.9. The zero-order valence-electron chi connectivity index (χ0n) is 21.3. The van der Waals surface area contributed by atoms with Crippen molar-refractivity contribution in [1.29, 1.82) is 10.5 Å². The van der Waals surface area contributed by atoms with Crippen LogP contribution in [0.3, 0.4) is 0 Å². The van der Waals surface area contributed by atoms with Gasteiger partial charge in [-0.1, -0.05) is 43.0 Å². The molecule has 0 radical (unpaired) electrons. The highest BCUT2D eigenvalue weighted by atomic mass is 16.5. The van der Waals surface area contributed by atoms with E-state index in [0.29, 0.717) is 46.6 Å². The van der Waals surface area contributed by atoms with Gasteiger partial charge in [-0.25, -0.2) is 4.79 Å². The van der Waals surface area contributed by atoms with Gasteiger partial charge in [0, 0.05) is 31.8 Å². The lowest BCUT2D eigenvalue weighted by Crippen LogP contribution is -2.09. The molecule has 3 aromatic rings. The topological polar surface area (TPSA) is 86.3 Å². The van der Waals surface area contributed by atoms with Crippen LogP contribution in [0.4, 0.5) is 5.69 Å². The molecule has 0 saturated heterocycles. The van der Waals surface area contributed by atoms with Gasteiger partial charge in [-0.3, -0.25) is 0 Å². The lowest BCUT2D eigenvalue weighted by atomic mass is 9.94. The Hall–Kier alpha value is -4.81. The van der Waals surface area contributed by atoms with Crippen molar-refractivity contribution in [3.05, 3.63) is 96.1 Å². The minimum atomic E-state index is -0.415. The molecule has 0 saturated carbocycles. The number of rotatable bonds is 10. The Bertz CT molecular complexity index is 1360. The first-order valence-corrected chi connectivity index (χ1v) is 11.8. The zero-order chi connectivity index (χ0) is 26.8. The number of carbonyl (C=O) groups excluding carboxylic acids is 1. The second-order valence-corrected chi connectivity index (χ2v) is 8.63. The van der Waals surface area contributed by atoms with Crippen LogP contribution in [0.2, 0.25) is 0 Å². The summed E-state index contributed by atoms with van der Waals surface area (Å²) in [5.74, 6) is 0.206. The molecule has 0 aliphatic rings. The number of ether oxygens (including phenoxy) is 2. The van der Waals surface area contributed by atoms with E-state index in [1.165, 1.54) is 0 Å². The zero-order valence-corrected chi connectivity index (χ0v) is 21.3. The van der Waals surface area contributed by atoms with Crippen LogP contribution < -0.4 is 9.64 Å². The molecule has 0 fully saturated rings. The molecule has 3 rings (SSSR count). The Morgan fingerprint density at radius 3 is 1.76 bits per heavy atom. The predicted molar refractivity (Wildman–Crippen MR) is 147 cm³/mol. The number of carbonyl (C=O) groups is 1. The van der Waals surface area contributed by atoms with Crippen LogP contribution in [0.1, 0.15) is 24.5 Å². The molecule has 6 nitrogen and oxygen atoms in total. The van der Waals surface area contributed by atoms with E-state index in [2.05, 4.69) is 43.0 Å². The number of nitrogens with zero attached hydrogens (tertiary/aromatic N) is 3. The minimum absolute atomic E-state index is 0.247. The third-order valence-electron chi connectivity index (χ3n) is 5.65. The van der Waals surface area contributed by atoms with Crippen LogP contribution in [-0.4, -0.2) is 33.3 Å². The average Bonchev–Trinajstić information content (AvgIpc) is 2.92. The monoisotopic (exact) mass is 491 g/mol. The Balaban J connectivity index is 1.71. The van der Waals surface area contributed by atoms with Crippen molar-refractivity contribution in [1.82, 2.24) is 0 Å². The maximum Gasteiger partial charge on any atom is 0.333 e. The van der Waals surface area contributed by atoms with Gasteiger partial charge >= 0.3 is 5.97 Å². The van der Waals surface area contributed by atoms with Crippen molar-refractivity contribution in [2.24, 2.45) is 0 Å². The molecular weight excluding hydrogens is 462 g/mol. The van der Waals surface area contributed by atoms with Crippen LogP contribution in [0.15, 0.2) is 84.9 Å². The van der Waals surface area contributed by atoms with E-state index in [9.17, 15) is 15.3 Å². The van der Waals surface area contributed by atoms with Gasteiger partial charge in [0.15, 0.2) is 0 Å². The second-order valence-electron chi connectivity index (χ2n) is 8.63. The van der Waals surface area contributed by atoms with Gasteiger partial charge in [-0.15, -0.1) is 0 Å². The molecule has 0 unspecified atom stereocenters. The van der Waals surface area contributed by atoms with Crippen molar-refractivity contribution in [3.8, 4) is 29.0 Å². The standard InChI is InChI=1S/C31H29N3O3/c1-22(2)31(35)37-19-5-18-36-28-16-12-26(13-17-28)30(21-33)29(20-32)25-8-6-23(7-9-25)24-10-14-27(15-11-24)34(3)4/h6-17H,1,5,18-19H2,2-4H3/b30-29+. The summed E-state index contributed by atoms with van der Waals surface area (Å²) in [5, 5.41) is 19.7. The third kappa shape index (κ3) is 7.10. The molecule has 6 heteroatoms. The van der Waals surface area contributed by atoms with E-state index in [1.807, 2.05) is 43.3 Å². The fraction of sp³-hybridized carbons (Fsp3) is 0.194. The van der Waals surface area contributed by atoms with Crippen LogP contribution in [-0.2, 0) is 9.53 Å². The maximum atomic E-state index is 11.4. The fourth-order valence-electron chi connectivity index (χ4n) is 3.57. The molecular formula is C31H29N3O3. The van der Waals surface area contributed by atoms with Gasteiger partial charge in [0.2, 0.25) is 0 Å². The second kappa shape index (κ2) is 12.8. The first-order chi connectivity index (χ1) is 17.8. The summed E-state index contributed by atoms with van der Waals surface area (Å²) >= 11 is 0. The van der Waals surface area contributed by atoms with Crippen molar-refractivity contribution >= 4 is 22.8 Å². The Kier molecular flexibility index (Phi) is 9.24. The lowest BCUT2D eigenvalue weighted by molar-refractivity contribution is -0.139. The average molecular weight is 492 g/mol. The molecule has 3 aromatic carbocycles. The van der Waals surface area contributed by atoms with Crippen LogP contribution >= 0.6 is 0 Å². The van der Waals surface area contributed by atoms with Crippen molar-refractivity contribution in [2.75, 3.05) is 32.2 Å². The van der Waals surface area contributed by atoms with Crippen LogP contribution in [0.25, 0.3) is 22.3 Å². The van der Waals surface area contributed by atoms with Crippen LogP contribution in [0, 0.1) is 22.7 Å². The number of allylic oxidation sites excluding steroid dienone is 2. The van der Waals surface area contributed by atoms with E-state index in [1.54, 1.807) is 31.2 Å². The van der Waals surface area contributed by atoms with Gasteiger partial charge < -0.3 is 14.4 Å². The first-order valence-electron chi connectivity index (χ1n) is 11.8. The molecule has 0 bridgehead atoms. The minimum Gasteiger partial charge on any atom is -0.493 e. The van der Waals surface area contributed by atoms with E-state index in [4.69, 9.17) is 9.47 Å². The number of nitriles is 2. The Morgan fingerprint density at radius 1 is 0.811 bits per heavy atom. The van der Waals surface area contributed by atoms with Gasteiger partial charge in [0.05, 0.1) is 24.4 Å². The molecule has 37 heavy (non-hydrogen) atoms. The van der Waals surface area contributed by atoms with Crippen molar-refractivity contribution in [3.63, 3.8) is 0 Å². The van der Waals surface area contributed by atoms with Gasteiger partial charge in [-0.05, 0) is 65.6 Å². The van der Waals surface area contributed by atoms with Gasteiger partial charge in [-0.2, -0.15) is 10.5 Å². The highest BCUT2D eigenvalue weighted by molar-refractivity contribution is 6.02. The molecule has 0 aliphatic carbocycles. The van der Waals surface area contributed by atoms with E-state index >= 15 is 0 Å². The molecule has 0 heterocycles. The summed E-state index contributed by atoms with van der Waals surface area (Å²) < 4.78 is 10.7. The summed E-state index contributed by atoms with van der Waals surface area (Å²) in [7, 11) is 4.00. The third-order valence-corrected chi connectivity index (χ3v) is 5.65. The first kappa shape index (κ1) is 26.8.